The summed E-state index contributed by atoms with van der Waals surface area (Å²) in [6, 6.07) is 14.9. The van der Waals surface area contributed by atoms with Crippen LogP contribution in [0.4, 0.5) is 5.69 Å². The van der Waals surface area contributed by atoms with Gasteiger partial charge in [0.25, 0.3) is 5.91 Å². The van der Waals surface area contributed by atoms with Crippen molar-refractivity contribution in [1.82, 2.24) is 5.32 Å². The number of anilines is 1. The molecule has 0 unspecified atom stereocenters. The average molecular weight is 328 g/mol. The highest BCUT2D eigenvalue weighted by Gasteiger charge is 2.08. The van der Waals surface area contributed by atoms with E-state index in [9.17, 15) is 4.79 Å². The highest BCUT2D eigenvalue weighted by Crippen LogP contribution is 2.12. The Kier molecular flexibility index (Phi) is 6.11. The SMILES string of the molecule is CCOc1ccc(C(=O)NC(=S)Nc2ccc(CC)cc2)cc1. The van der Waals surface area contributed by atoms with Crippen molar-refractivity contribution in [2.75, 3.05) is 11.9 Å². The molecule has 0 heterocycles. The molecule has 0 aliphatic heterocycles. The number of hydrogen-bond acceptors (Lipinski definition) is 3. The van der Waals surface area contributed by atoms with Gasteiger partial charge in [-0.1, -0.05) is 19.1 Å². The maximum Gasteiger partial charge on any atom is 0.257 e. The number of nitrogens with one attached hydrogen (secondary N) is 2. The molecule has 0 aromatic heterocycles. The summed E-state index contributed by atoms with van der Waals surface area (Å²) in [5, 5.41) is 5.94. The van der Waals surface area contributed by atoms with Crippen molar-refractivity contribution in [2.45, 2.75) is 20.3 Å². The van der Waals surface area contributed by atoms with Crippen LogP contribution in [0.2, 0.25) is 0 Å². The van der Waals surface area contributed by atoms with Crippen molar-refractivity contribution in [2.24, 2.45) is 0 Å². The van der Waals surface area contributed by atoms with Crippen LogP contribution in [0.15, 0.2) is 48.5 Å². The van der Waals surface area contributed by atoms with Crippen LogP contribution < -0.4 is 15.4 Å². The lowest BCUT2D eigenvalue weighted by molar-refractivity contribution is 0.0977. The maximum atomic E-state index is 12.1. The number of carbonyl (C=O) groups is 1. The molecule has 0 spiro atoms. The van der Waals surface area contributed by atoms with E-state index in [-0.39, 0.29) is 11.0 Å². The van der Waals surface area contributed by atoms with Gasteiger partial charge in [0.2, 0.25) is 0 Å². The molecule has 1 amide bonds. The second-order valence-electron chi connectivity index (χ2n) is 4.92. The summed E-state index contributed by atoms with van der Waals surface area (Å²) < 4.78 is 5.35. The molecule has 0 saturated carbocycles. The number of carbonyl (C=O) groups excluding carboxylic acids is 1. The molecule has 2 aromatic rings. The monoisotopic (exact) mass is 328 g/mol. The first-order valence-corrected chi connectivity index (χ1v) is 7.97. The average Bonchev–Trinajstić information content (AvgIpc) is 2.56. The van der Waals surface area contributed by atoms with Gasteiger partial charge >= 0.3 is 0 Å². The smallest absolute Gasteiger partial charge is 0.257 e. The summed E-state index contributed by atoms with van der Waals surface area (Å²) in [6.07, 6.45) is 0.985. The number of benzene rings is 2. The normalized spacial score (nSPS) is 10.0. The summed E-state index contributed by atoms with van der Waals surface area (Å²) in [5.41, 5.74) is 2.62. The second kappa shape index (κ2) is 8.29. The van der Waals surface area contributed by atoms with E-state index < -0.39 is 0 Å². The Morgan fingerprint density at radius 1 is 1.04 bits per heavy atom. The highest BCUT2D eigenvalue weighted by atomic mass is 32.1. The van der Waals surface area contributed by atoms with E-state index in [4.69, 9.17) is 17.0 Å². The summed E-state index contributed by atoms with van der Waals surface area (Å²) in [6.45, 7) is 4.61. The molecule has 0 bridgehead atoms. The van der Waals surface area contributed by atoms with Gasteiger partial charge in [-0.05, 0) is 67.5 Å². The van der Waals surface area contributed by atoms with Crippen LogP contribution in [0.5, 0.6) is 5.75 Å². The predicted molar refractivity (Wildman–Crippen MR) is 97.1 cm³/mol. The fourth-order valence-corrected chi connectivity index (χ4v) is 2.24. The third kappa shape index (κ3) is 5.07. The van der Waals surface area contributed by atoms with Gasteiger partial charge in [0.05, 0.1) is 6.61 Å². The van der Waals surface area contributed by atoms with E-state index in [1.54, 1.807) is 24.3 Å². The fraction of sp³-hybridized carbons (Fsp3) is 0.222. The second-order valence-corrected chi connectivity index (χ2v) is 5.32. The van der Waals surface area contributed by atoms with Crippen molar-refractivity contribution < 1.29 is 9.53 Å². The van der Waals surface area contributed by atoms with Gasteiger partial charge < -0.3 is 10.1 Å². The summed E-state index contributed by atoms with van der Waals surface area (Å²) >= 11 is 5.17. The lowest BCUT2D eigenvalue weighted by Gasteiger charge is -2.10. The van der Waals surface area contributed by atoms with E-state index in [0.29, 0.717) is 12.2 Å². The van der Waals surface area contributed by atoms with Crippen LogP contribution in [0, 0.1) is 0 Å². The van der Waals surface area contributed by atoms with Gasteiger partial charge in [0, 0.05) is 11.3 Å². The zero-order valence-corrected chi connectivity index (χ0v) is 14.1. The first kappa shape index (κ1) is 17.0. The molecule has 0 saturated heterocycles. The van der Waals surface area contributed by atoms with Crippen LogP contribution in [-0.4, -0.2) is 17.6 Å². The first-order chi connectivity index (χ1) is 11.1. The third-order valence-electron chi connectivity index (χ3n) is 3.27. The molecule has 120 valence electrons. The van der Waals surface area contributed by atoms with Crippen molar-refractivity contribution in [1.29, 1.82) is 0 Å². The van der Waals surface area contributed by atoms with Gasteiger partial charge in [0.1, 0.15) is 5.75 Å². The minimum atomic E-state index is -0.254. The van der Waals surface area contributed by atoms with E-state index in [0.717, 1.165) is 17.9 Å². The number of amides is 1. The Bertz CT molecular complexity index is 666. The molecular formula is C18H20N2O2S. The molecule has 23 heavy (non-hydrogen) atoms. The molecular weight excluding hydrogens is 308 g/mol. The molecule has 2 rings (SSSR count). The van der Waals surface area contributed by atoms with Crippen molar-refractivity contribution in [3.8, 4) is 5.75 Å². The molecule has 0 atom stereocenters. The van der Waals surface area contributed by atoms with Crippen LogP contribution in [0.25, 0.3) is 0 Å². The maximum absolute atomic E-state index is 12.1. The van der Waals surface area contributed by atoms with Crippen LogP contribution in [0.1, 0.15) is 29.8 Å². The number of hydrogen-bond donors (Lipinski definition) is 2. The standard InChI is InChI=1S/C18H20N2O2S/c1-3-13-5-9-15(10-6-13)19-18(23)20-17(21)14-7-11-16(12-8-14)22-4-2/h5-12H,3-4H2,1-2H3,(H2,19,20,21,23). The first-order valence-electron chi connectivity index (χ1n) is 7.56. The van der Waals surface area contributed by atoms with Gasteiger partial charge in [-0.25, -0.2) is 0 Å². The number of ether oxygens (including phenoxy) is 1. The zero-order valence-electron chi connectivity index (χ0n) is 13.3. The topological polar surface area (TPSA) is 50.4 Å². The van der Waals surface area contributed by atoms with E-state index >= 15 is 0 Å². The molecule has 0 aliphatic rings. The number of thiocarbonyl (C=S) groups is 1. The summed E-state index contributed by atoms with van der Waals surface area (Å²) in [5.74, 6) is 0.483. The lowest BCUT2D eigenvalue weighted by Crippen LogP contribution is -2.34. The van der Waals surface area contributed by atoms with E-state index in [1.165, 1.54) is 5.56 Å². The lowest BCUT2D eigenvalue weighted by atomic mass is 10.1. The molecule has 2 N–H and O–H groups in total. The fourth-order valence-electron chi connectivity index (χ4n) is 2.03. The van der Waals surface area contributed by atoms with Gasteiger partial charge in [-0.3, -0.25) is 10.1 Å². The third-order valence-corrected chi connectivity index (χ3v) is 3.48. The molecule has 5 heteroatoms. The van der Waals surface area contributed by atoms with Gasteiger partial charge in [0.15, 0.2) is 5.11 Å². The Morgan fingerprint density at radius 2 is 1.70 bits per heavy atom. The van der Waals surface area contributed by atoms with E-state index in [1.807, 2.05) is 31.2 Å². The van der Waals surface area contributed by atoms with Gasteiger partial charge in [-0.2, -0.15) is 0 Å². The van der Waals surface area contributed by atoms with Crippen molar-refractivity contribution in [3.63, 3.8) is 0 Å². The minimum Gasteiger partial charge on any atom is -0.494 e. The number of aryl methyl sites for hydroxylation is 1. The molecule has 0 aliphatic carbocycles. The van der Waals surface area contributed by atoms with Crippen LogP contribution in [0.3, 0.4) is 0 Å². The summed E-state index contributed by atoms with van der Waals surface area (Å²) in [7, 11) is 0. The Morgan fingerprint density at radius 3 is 2.26 bits per heavy atom. The molecule has 0 radical (unpaired) electrons. The summed E-state index contributed by atoms with van der Waals surface area (Å²) in [4.78, 5) is 12.1. The Labute approximate surface area is 141 Å². The Balaban J connectivity index is 1.91. The zero-order chi connectivity index (χ0) is 16.7. The molecule has 2 aromatic carbocycles. The van der Waals surface area contributed by atoms with E-state index in [2.05, 4.69) is 17.6 Å². The molecule has 4 nitrogen and oxygen atoms in total. The van der Waals surface area contributed by atoms with Crippen molar-refractivity contribution in [3.05, 3.63) is 59.7 Å². The van der Waals surface area contributed by atoms with Gasteiger partial charge in [-0.15, -0.1) is 0 Å². The number of rotatable bonds is 5. The Hall–Kier alpha value is -2.40. The van der Waals surface area contributed by atoms with Crippen molar-refractivity contribution >= 4 is 28.9 Å². The van der Waals surface area contributed by atoms with Crippen LogP contribution >= 0.6 is 12.2 Å². The van der Waals surface area contributed by atoms with Crippen LogP contribution in [-0.2, 0) is 6.42 Å². The molecule has 0 fully saturated rings. The highest BCUT2D eigenvalue weighted by molar-refractivity contribution is 7.80. The largest absolute Gasteiger partial charge is 0.494 e. The quantitative estimate of drug-likeness (QED) is 0.820. The minimum absolute atomic E-state index is 0.254. The predicted octanol–water partition coefficient (Wildman–Crippen LogP) is 3.77.